The van der Waals surface area contributed by atoms with Gasteiger partial charge in [-0.15, -0.1) is 11.3 Å². The zero-order valence-corrected chi connectivity index (χ0v) is 12.5. The smallest absolute Gasteiger partial charge is 0.326 e. The van der Waals surface area contributed by atoms with Gasteiger partial charge in [0, 0.05) is 5.92 Å². The maximum Gasteiger partial charge on any atom is 0.326 e. The number of amides is 2. The van der Waals surface area contributed by atoms with E-state index >= 15 is 0 Å². The number of rotatable bonds is 7. The fourth-order valence-electron chi connectivity index (χ4n) is 1.87. The summed E-state index contributed by atoms with van der Waals surface area (Å²) in [5.41, 5.74) is 0. The van der Waals surface area contributed by atoms with Crippen molar-refractivity contribution >= 4 is 34.1 Å². The molecule has 0 aliphatic heterocycles. The lowest BCUT2D eigenvalue weighted by Crippen LogP contribution is -2.40. The normalized spacial score (nSPS) is 15.3. The molecule has 1 aliphatic carbocycles. The highest BCUT2D eigenvalue weighted by molar-refractivity contribution is 7.18. The van der Waals surface area contributed by atoms with E-state index in [1.807, 2.05) is 6.92 Å². The predicted octanol–water partition coefficient (Wildman–Crippen LogP) is 2.08. The Balaban J connectivity index is 1.94. The fraction of sp³-hybridized carbons (Fsp3) is 0.500. The van der Waals surface area contributed by atoms with Crippen LogP contribution in [0.3, 0.4) is 0 Å². The van der Waals surface area contributed by atoms with Crippen LogP contribution in [0.4, 0.5) is 5.00 Å². The number of hydrogen-bond acceptors (Lipinski definition) is 4. The van der Waals surface area contributed by atoms with E-state index in [1.54, 1.807) is 12.1 Å². The summed E-state index contributed by atoms with van der Waals surface area (Å²) >= 11 is 1.15. The molecule has 0 bridgehead atoms. The molecule has 0 spiro atoms. The largest absolute Gasteiger partial charge is 0.480 e. The van der Waals surface area contributed by atoms with Gasteiger partial charge < -0.3 is 15.7 Å². The van der Waals surface area contributed by atoms with Crippen molar-refractivity contribution in [3.63, 3.8) is 0 Å². The lowest BCUT2D eigenvalue weighted by atomic mass is 10.1. The molecule has 0 aromatic carbocycles. The minimum absolute atomic E-state index is 0.0156. The average molecular weight is 310 g/mol. The van der Waals surface area contributed by atoms with Gasteiger partial charge in [0.25, 0.3) is 5.91 Å². The van der Waals surface area contributed by atoms with E-state index in [0.717, 1.165) is 24.2 Å². The third kappa shape index (κ3) is 4.29. The molecule has 114 valence electrons. The molecule has 2 amide bonds. The molecule has 1 aromatic rings. The van der Waals surface area contributed by atoms with Crippen LogP contribution in [-0.4, -0.2) is 28.9 Å². The summed E-state index contributed by atoms with van der Waals surface area (Å²) in [6, 6.07) is 2.37. The van der Waals surface area contributed by atoms with E-state index in [9.17, 15) is 14.4 Å². The average Bonchev–Trinajstić information content (AvgIpc) is 3.18. The van der Waals surface area contributed by atoms with E-state index in [0.29, 0.717) is 22.7 Å². The van der Waals surface area contributed by atoms with Crippen LogP contribution in [0.1, 0.15) is 42.3 Å². The van der Waals surface area contributed by atoms with Gasteiger partial charge in [0.2, 0.25) is 5.91 Å². The van der Waals surface area contributed by atoms with Crippen LogP contribution in [0, 0.1) is 5.92 Å². The standard InChI is InChI=1S/C14H18N2O4S/c1-2-3-9(14(19)20)15-13(18)10-6-7-11(21-10)16-12(17)8-4-5-8/h6-9H,2-5H2,1H3,(H,15,18)(H,16,17)(H,19,20)/t9-/m1/s1. The fourth-order valence-corrected chi connectivity index (χ4v) is 2.68. The Morgan fingerprint density at radius 3 is 2.67 bits per heavy atom. The van der Waals surface area contributed by atoms with E-state index in [-0.39, 0.29) is 11.8 Å². The molecule has 1 aliphatic rings. The summed E-state index contributed by atoms with van der Waals surface area (Å²) in [6.45, 7) is 1.86. The Morgan fingerprint density at radius 2 is 2.10 bits per heavy atom. The number of carboxylic acid groups (broad SMARTS) is 1. The summed E-state index contributed by atoms with van der Waals surface area (Å²) in [7, 11) is 0. The maximum absolute atomic E-state index is 12.0. The highest BCUT2D eigenvalue weighted by Crippen LogP contribution is 2.31. The second-order valence-electron chi connectivity index (χ2n) is 5.08. The zero-order valence-electron chi connectivity index (χ0n) is 11.7. The molecule has 7 heteroatoms. The third-order valence-corrected chi connectivity index (χ3v) is 4.20. The van der Waals surface area contributed by atoms with Crippen LogP contribution < -0.4 is 10.6 Å². The van der Waals surface area contributed by atoms with E-state index in [2.05, 4.69) is 10.6 Å². The van der Waals surface area contributed by atoms with Crippen molar-refractivity contribution in [2.75, 3.05) is 5.32 Å². The Kier molecular flexibility index (Phi) is 4.95. The number of nitrogens with one attached hydrogen (secondary N) is 2. The van der Waals surface area contributed by atoms with Crippen molar-refractivity contribution in [1.29, 1.82) is 0 Å². The Labute approximate surface area is 126 Å². The highest BCUT2D eigenvalue weighted by atomic mass is 32.1. The molecular weight excluding hydrogens is 292 g/mol. The van der Waals surface area contributed by atoms with E-state index < -0.39 is 17.9 Å². The lowest BCUT2D eigenvalue weighted by Gasteiger charge is -2.12. The molecule has 2 rings (SSSR count). The quantitative estimate of drug-likeness (QED) is 0.718. The topological polar surface area (TPSA) is 95.5 Å². The molecule has 3 N–H and O–H groups in total. The van der Waals surface area contributed by atoms with Crippen molar-refractivity contribution in [2.24, 2.45) is 5.92 Å². The van der Waals surface area contributed by atoms with Gasteiger partial charge in [0.15, 0.2) is 0 Å². The first-order valence-corrected chi connectivity index (χ1v) is 7.77. The van der Waals surface area contributed by atoms with Gasteiger partial charge in [0.05, 0.1) is 9.88 Å². The second-order valence-corrected chi connectivity index (χ2v) is 6.16. The predicted molar refractivity (Wildman–Crippen MR) is 79.5 cm³/mol. The van der Waals surface area contributed by atoms with Crippen LogP contribution in [0.25, 0.3) is 0 Å². The van der Waals surface area contributed by atoms with Gasteiger partial charge in [-0.05, 0) is 31.4 Å². The number of anilines is 1. The molecule has 1 fully saturated rings. The van der Waals surface area contributed by atoms with Gasteiger partial charge in [-0.3, -0.25) is 9.59 Å². The summed E-state index contributed by atoms with van der Waals surface area (Å²) in [4.78, 5) is 35.0. The van der Waals surface area contributed by atoms with Gasteiger partial charge in [0.1, 0.15) is 6.04 Å². The molecule has 1 atom stereocenters. The Bertz CT molecular complexity index is 551. The molecule has 1 saturated carbocycles. The highest BCUT2D eigenvalue weighted by Gasteiger charge is 2.30. The number of carbonyl (C=O) groups is 3. The van der Waals surface area contributed by atoms with Gasteiger partial charge >= 0.3 is 5.97 Å². The first-order chi connectivity index (χ1) is 10.0. The molecule has 0 unspecified atom stereocenters. The minimum Gasteiger partial charge on any atom is -0.480 e. The van der Waals surface area contributed by atoms with Crippen LogP contribution in [0.15, 0.2) is 12.1 Å². The number of aliphatic carboxylic acids is 1. The van der Waals surface area contributed by atoms with Crippen LogP contribution in [-0.2, 0) is 9.59 Å². The number of thiophene rings is 1. The molecule has 21 heavy (non-hydrogen) atoms. The number of carbonyl (C=O) groups excluding carboxylic acids is 2. The van der Waals surface area contributed by atoms with Gasteiger partial charge in [-0.2, -0.15) is 0 Å². The van der Waals surface area contributed by atoms with E-state index in [1.165, 1.54) is 0 Å². The zero-order chi connectivity index (χ0) is 15.4. The summed E-state index contributed by atoms with van der Waals surface area (Å²) in [6.07, 6.45) is 2.89. The monoisotopic (exact) mass is 310 g/mol. The second kappa shape index (κ2) is 6.71. The summed E-state index contributed by atoms with van der Waals surface area (Å²) in [5, 5.41) is 14.9. The van der Waals surface area contributed by atoms with Crippen LogP contribution in [0.2, 0.25) is 0 Å². The van der Waals surface area contributed by atoms with Gasteiger partial charge in [-0.1, -0.05) is 13.3 Å². The molecule has 6 nitrogen and oxygen atoms in total. The van der Waals surface area contributed by atoms with Crippen molar-refractivity contribution in [1.82, 2.24) is 5.32 Å². The Hall–Kier alpha value is -1.89. The first kappa shape index (κ1) is 15.5. The van der Waals surface area contributed by atoms with Crippen molar-refractivity contribution in [3.8, 4) is 0 Å². The number of hydrogen-bond donors (Lipinski definition) is 3. The van der Waals surface area contributed by atoms with Crippen molar-refractivity contribution in [2.45, 2.75) is 38.6 Å². The molecule has 1 aromatic heterocycles. The lowest BCUT2D eigenvalue weighted by molar-refractivity contribution is -0.139. The summed E-state index contributed by atoms with van der Waals surface area (Å²) < 4.78 is 0. The Morgan fingerprint density at radius 1 is 1.38 bits per heavy atom. The first-order valence-electron chi connectivity index (χ1n) is 6.95. The molecular formula is C14H18N2O4S. The van der Waals surface area contributed by atoms with Crippen LogP contribution in [0.5, 0.6) is 0 Å². The number of carboxylic acids is 1. The molecule has 1 heterocycles. The minimum atomic E-state index is -1.04. The van der Waals surface area contributed by atoms with Crippen molar-refractivity contribution in [3.05, 3.63) is 17.0 Å². The third-order valence-electron chi connectivity index (χ3n) is 3.21. The maximum atomic E-state index is 12.0. The SMILES string of the molecule is CCC[C@@H](NC(=O)c1ccc(NC(=O)C2CC2)s1)C(=O)O. The van der Waals surface area contributed by atoms with Crippen LogP contribution >= 0.6 is 11.3 Å². The molecule has 0 radical (unpaired) electrons. The molecule has 0 saturated heterocycles. The van der Waals surface area contributed by atoms with E-state index in [4.69, 9.17) is 5.11 Å². The van der Waals surface area contributed by atoms with Gasteiger partial charge in [-0.25, -0.2) is 4.79 Å². The van der Waals surface area contributed by atoms with Crippen molar-refractivity contribution < 1.29 is 19.5 Å². The summed E-state index contributed by atoms with van der Waals surface area (Å²) in [5.74, 6) is -1.37.